The van der Waals surface area contributed by atoms with Crippen LogP contribution in [0.1, 0.15) is 54.9 Å². The summed E-state index contributed by atoms with van der Waals surface area (Å²) in [5.41, 5.74) is 5.50. The van der Waals surface area contributed by atoms with Crippen LogP contribution in [0.25, 0.3) is 33.0 Å². The summed E-state index contributed by atoms with van der Waals surface area (Å²) in [5.74, 6) is 0. The van der Waals surface area contributed by atoms with Gasteiger partial charge in [0.1, 0.15) is 0 Å². The van der Waals surface area contributed by atoms with Gasteiger partial charge in [0, 0.05) is 0 Å². The van der Waals surface area contributed by atoms with Gasteiger partial charge in [0.05, 0.1) is 0 Å². The van der Waals surface area contributed by atoms with Gasteiger partial charge in [-0.2, -0.15) is 0 Å². The first kappa shape index (κ1) is 23.7. The number of hydrogen-bond donors (Lipinski definition) is 0. The van der Waals surface area contributed by atoms with E-state index in [1.54, 1.807) is 0 Å². The Kier molecular flexibility index (Phi) is 12.6. The van der Waals surface area contributed by atoms with Crippen LogP contribution in [0.15, 0.2) is 73.3 Å². The van der Waals surface area contributed by atoms with Crippen LogP contribution in [-0.2, 0) is 0 Å². The quantitative estimate of drug-likeness (QED) is 0.301. The molecule has 4 rings (SSSR count). The highest BCUT2D eigenvalue weighted by Crippen LogP contribution is 2.46. The number of rotatable bonds is 1. The van der Waals surface area contributed by atoms with E-state index in [9.17, 15) is 0 Å². The molecular formula is C26H36. The van der Waals surface area contributed by atoms with E-state index in [0.717, 1.165) is 6.42 Å². The van der Waals surface area contributed by atoms with Crippen molar-refractivity contribution in [3.05, 3.63) is 73.3 Å². The zero-order valence-electron chi connectivity index (χ0n) is 17.8. The second kappa shape index (κ2) is 13.9. The minimum absolute atomic E-state index is 1.08. The standard InChI is InChI=1S/C16H10.C4H8.3C2H6/c1-2-8-13-12(7-1)14-9-3-5-11-6-4-10-15(13)16(11)14;1-3-4-2;3*1-2/h1-10H;3H,1,4H2,2H3;3*1-2H3. The van der Waals surface area contributed by atoms with Crippen molar-refractivity contribution in [2.45, 2.75) is 54.9 Å². The number of hydrogen-bond acceptors (Lipinski definition) is 0. The lowest BCUT2D eigenvalue weighted by atomic mass is 10.0. The van der Waals surface area contributed by atoms with Crippen molar-refractivity contribution in [2.75, 3.05) is 0 Å². The largest absolute Gasteiger partial charge is 0.103 e. The fourth-order valence-corrected chi connectivity index (χ4v) is 2.74. The lowest BCUT2D eigenvalue weighted by Gasteiger charge is -2.00. The Balaban J connectivity index is 0.000000540. The molecule has 0 unspecified atom stereocenters. The molecule has 0 aromatic heterocycles. The van der Waals surface area contributed by atoms with Crippen molar-refractivity contribution in [3.8, 4) is 22.3 Å². The van der Waals surface area contributed by atoms with E-state index < -0.39 is 0 Å². The molecule has 0 bridgehead atoms. The zero-order valence-corrected chi connectivity index (χ0v) is 17.8. The number of fused-ring (bicyclic) bond motifs is 3. The Morgan fingerprint density at radius 2 is 0.962 bits per heavy atom. The van der Waals surface area contributed by atoms with E-state index in [1.165, 1.54) is 33.0 Å². The van der Waals surface area contributed by atoms with Gasteiger partial charge in [0.25, 0.3) is 0 Å². The van der Waals surface area contributed by atoms with Crippen molar-refractivity contribution >= 4 is 10.8 Å². The molecular weight excluding hydrogens is 312 g/mol. The van der Waals surface area contributed by atoms with Crippen LogP contribution in [-0.4, -0.2) is 0 Å². The number of benzene rings is 3. The smallest absolute Gasteiger partial charge is 0.00264 e. The third-order valence-corrected chi connectivity index (χ3v) is 3.70. The highest BCUT2D eigenvalue weighted by atomic mass is 14.2. The molecule has 0 heteroatoms. The summed E-state index contributed by atoms with van der Waals surface area (Å²) >= 11 is 0. The molecule has 26 heavy (non-hydrogen) atoms. The second-order valence-corrected chi connectivity index (χ2v) is 4.95. The van der Waals surface area contributed by atoms with Gasteiger partial charge in [-0.1, -0.05) is 115 Å². The lowest BCUT2D eigenvalue weighted by molar-refractivity contribution is 1.23. The average Bonchev–Trinajstić information content (AvgIpc) is 3.09. The van der Waals surface area contributed by atoms with Crippen molar-refractivity contribution in [2.24, 2.45) is 0 Å². The van der Waals surface area contributed by atoms with Gasteiger partial charge in [-0.05, 0) is 39.4 Å². The van der Waals surface area contributed by atoms with Gasteiger partial charge < -0.3 is 0 Å². The Hall–Kier alpha value is -2.34. The molecule has 1 aliphatic rings. The highest BCUT2D eigenvalue weighted by Gasteiger charge is 2.19. The zero-order chi connectivity index (χ0) is 19.9. The third kappa shape index (κ3) is 5.33. The van der Waals surface area contributed by atoms with Crippen molar-refractivity contribution in [3.63, 3.8) is 0 Å². The van der Waals surface area contributed by atoms with Crippen LogP contribution in [0.3, 0.4) is 0 Å². The van der Waals surface area contributed by atoms with Crippen LogP contribution in [0, 0.1) is 0 Å². The first-order chi connectivity index (χ1) is 12.9. The van der Waals surface area contributed by atoms with Crippen LogP contribution in [0.2, 0.25) is 0 Å². The maximum Gasteiger partial charge on any atom is -0.00264 e. The molecule has 0 N–H and O–H groups in total. The highest BCUT2D eigenvalue weighted by molar-refractivity contribution is 6.15. The summed E-state index contributed by atoms with van der Waals surface area (Å²) in [6.45, 7) is 17.5. The Labute approximate surface area is 161 Å². The monoisotopic (exact) mass is 348 g/mol. The van der Waals surface area contributed by atoms with Crippen LogP contribution < -0.4 is 0 Å². The predicted molar refractivity (Wildman–Crippen MR) is 123 cm³/mol. The molecule has 0 amide bonds. The third-order valence-electron chi connectivity index (χ3n) is 3.70. The molecule has 0 heterocycles. The normalized spacial score (nSPS) is 8.88. The summed E-state index contributed by atoms with van der Waals surface area (Å²) in [6, 6.07) is 21.8. The first-order valence-corrected chi connectivity index (χ1v) is 10.1. The van der Waals surface area contributed by atoms with Gasteiger partial charge >= 0.3 is 0 Å². The predicted octanol–water partition coefficient (Wildman–Crippen LogP) is 9.15. The average molecular weight is 349 g/mol. The molecule has 0 saturated heterocycles. The molecule has 0 nitrogen and oxygen atoms in total. The van der Waals surface area contributed by atoms with E-state index in [4.69, 9.17) is 0 Å². The molecule has 3 aromatic rings. The molecule has 0 aliphatic heterocycles. The molecule has 3 aromatic carbocycles. The summed E-state index contributed by atoms with van der Waals surface area (Å²) in [4.78, 5) is 0. The SMILES string of the molecule is C=CCC.CC.CC.CC.c1ccc2c(c1)-c1cccc3cccc-2c13. The van der Waals surface area contributed by atoms with E-state index in [0.29, 0.717) is 0 Å². The molecule has 0 atom stereocenters. The van der Waals surface area contributed by atoms with Crippen LogP contribution >= 0.6 is 0 Å². The van der Waals surface area contributed by atoms with Crippen molar-refractivity contribution in [1.82, 2.24) is 0 Å². The fraction of sp³-hybridized carbons (Fsp3) is 0.308. The molecule has 0 radical (unpaired) electrons. The number of allylic oxidation sites excluding steroid dienone is 1. The summed E-state index contributed by atoms with van der Waals surface area (Å²) < 4.78 is 0. The fourth-order valence-electron chi connectivity index (χ4n) is 2.74. The maximum atomic E-state index is 3.48. The van der Waals surface area contributed by atoms with Crippen LogP contribution in [0.5, 0.6) is 0 Å². The first-order valence-electron chi connectivity index (χ1n) is 10.1. The summed E-state index contributed by atoms with van der Waals surface area (Å²) in [5, 5.41) is 2.75. The molecule has 1 aliphatic carbocycles. The molecule has 140 valence electrons. The van der Waals surface area contributed by atoms with Crippen molar-refractivity contribution < 1.29 is 0 Å². The van der Waals surface area contributed by atoms with Gasteiger partial charge in [-0.3, -0.25) is 0 Å². The minimum Gasteiger partial charge on any atom is -0.103 e. The van der Waals surface area contributed by atoms with E-state index in [1.807, 2.05) is 47.6 Å². The topological polar surface area (TPSA) is 0 Å². The molecule has 0 fully saturated rings. The van der Waals surface area contributed by atoms with Crippen molar-refractivity contribution in [1.29, 1.82) is 0 Å². The van der Waals surface area contributed by atoms with Crippen LogP contribution in [0.4, 0.5) is 0 Å². The Morgan fingerprint density at radius 3 is 1.31 bits per heavy atom. The van der Waals surface area contributed by atoms with E-state index >= 15 is 0 Å². The van der Waals surface area contributed by atoms with E-state index in [2.05, 4.69) is 74.2 Å². The minimum atomic E-state index is 1.08. The Bertz CT molecular complexity index is 708. The van der Waals surface area contributed by atoms with Gasteiger partial charge in [-0.15, -0.1) is 6.58 Å². The van der Waals surface area contributed by atoms with Gasteiger partial charge in [0.15, 0.2) is 0 Å². The molecule has 0 saturated carbocycles. The van der Waals surface area contributed by atoms with E-state index in [-0.39, 0.29) is 0 Å². The summed E-state index contributed by atoms with van der Waals surface area (Å²) in [6.07, 6.45) is 2.96. The summed E-state index contributed by atoms with van der Waals surface area (Å²) in [7, 11) is 0. The Morgan fingerprint density at radius 1 is 0.615 bits per heavy atom. The maximum absolute atomic E-state index is 3.48. The van der Waals surface area contributed by atoms with Gasteiger partial charge in [-0.25, -0.2) is 0 Å². The molecule has 0 spiro atoms. The second-order valence-electron chi connectivity index (χ2n) is 4.95. The lowest BCUT2D eigenvalue weighted by Crippen LogP contribution is -1.73. The van der Waals surface area contributed by atoms with Gasteiger partial charge in [0.2, 0.25) is 0 Å².